The lowest BCUT2D eigenvalue weighted by atomic mass is 9.90. The highest BCUT2D eigenvalue weighted by molar-refractivity contribution is 5.06. The Morgan fingerprint density at radius 2 is 2.09 bits per heavy atom. The molecule has 1 nitrogen and oxygen atoms in total. The van der Waals surface area contributed by atoms with Gasteiger partial charge in [-0.15, -0.1) is 0 Å². The van der Waals surface area contributed by atoms with Crippen LogP contribution in [0.1, 0.15) is 39.5 Å². The monoisotopic (exact) mass is 153 g/mol. The second-order valence-electron chi connectivity index (χ2n) is 4.75. The van der Waals surface area contributed by atoms with Crippen molar-refractivity contribution >= 4 is 0 Å². The molecule has 1 heteroatoms. The standard InChI is InChI=1S/C10H19N/c1-8(2)7-9-10(3-4-10)5-6-11-9/h8-9,11H,3-7H2,1-2H3. The number of hydrogen-bond acceptors (Lipinski definition) is 1. The van der Waals surface area contributed by atoms with Crippen LogP contribution < -0.4 is 5.32 Å². The highest BCUT2D eigenvalue weighted by Gasteiger charge is 2.51. The van der Waals surface area contributed by atoms with Crippen molar-refractivity contribution in [1.82, 2.24) is 5.32 Å². The number of rotatable bonds is 2. The SMILES string of the molecule is CC(C)CC1NCCC12CC2. The zero-order valence-electron chi connectivity index (χ0n) is 7.69. The average molecular weight is 153 g/mol. The van der Waals surface area contributed by atoms with Gasteiger partial charge in [0.05, 0.1) is 0 Å². The lowest BCUT2D eigenvalue weighted by Crippen LogP contribution is -2.29. The minimum atomic E-state index is 0.782. The van der Waals surface area contributed by atoms with Crippen LogP contribution in [0.3, 0.4) is 0 Å². The molecule has 64 valence electrons. The lowest BCUT2D eigenvalue weighted by Gasteiger charge is -2.20. The Labute approximate surface area is 69.6 Å². The van der Waals surface area contributed by atoms with Crippen molar-refractivity contribution in [3.05, 3.63) is 0 Å². The first-order valence-electron chi connectivity index (χ1n) is 4.96. The van der Waals surface area contributed by atoms with Gasteiger partial charge in [-0.05, 0) is 43.6 Å². The normalized spacial score (nSPS) is 33.5. The Kier molecular flexibility index (Phi) is 1.71. The van der Waals surface area contributed by atoms with Gasteiger partial charge in [0.25, 0.3) is 0 Å². The van der Waals surface area contributed by atoms with Gasteiger partial charge >= 0.3 is 0 Å². The molecule has 1 spiro atoms. The van der Waals surface area contributed by atoms with Crippen molar-refractivity contribution in [2.24, 2.45) is 11.3 Å². The molecule has 1 heterocycles. The molecule has 11 heavy (non-hydrogen) atoms. The van der Waals surface area contributed by atoms with Crippen LogP contribution in [0, 0.1) is 11.3 Å². The van der Waals surface area contributed by atoms with E-state index in [1.165, 1.54) is 32.2 Å². The second kappa shape index (κ2) is 2.48. The first-order chi connectivity index (χ1) is 5.23. The fourth-order valence-corrected chi connectivity index (χ4v) is 2.45. The molecule has 0 bridgehead atoms. The topological polar surface area (TPSA) is 12.0 Å². The molecule has 0 aromatic rings. The zero-order chi connectivity index (χ0) is 7.90. The van der Waals surface area contributed by atoms with E-state index < -0.39 is 0 Å². The molecule has 1 aliphatic heterocycles. The van der Waals surface area contributed by atoms with Crippen LogP contribution in [-0.2, 0) is 0 Å². The van der Waals surface area contributed by atoms with Gasteiger partial charge in [0.2, 0.25) is 0 Å². The second-order valence-corrected chi connectivity index (χ2v) is 4.75. The van der Waals surface area contributed by atoms with E-state index in [1.54, 1.807) is 0 Å². The molecule has 0 radical (unpaired) electrons. The lowest BCUT2D eigenvalue weighted by molar-refractivity contribution is 0.360. The van der Waals surface area contributed by atoms with E-state index in [1.807, 2.05) is 0 Å². The summed E-state index contributed by atoms with van der Waals surface area (Å²) in [5.41, 5.74) is 0.782. The third kappa shape index (κ3) is 1.31. The van der Waals surface area contributed by atoms with Gasteiger partial charge in [-0.2, -0.15) is 0 Å². The maximum absolute atomic E-state index is 3.64. The van der Waals surface area contributed by atoms with Gasteiger partial charge in [-0.25, -0.2) is 0 Å². The van der Waals surface area contributed by atoms with Crippen molar-refractivity contribution in [1.29, 1.82) is 0 Å². The molecular formula is C10H19N. The molecule has 1 saturated carbocycles. The first-order valence-corrected chi connectivity index (χ1v) is 4.96. The van der Waals surface area contributed by atoms with E-state index in [9.17, 15) is 0 Å². The summed E-state index contributed by atoms with van der Waals surface area (Å²) in [5, 5.41) is 3.64. The molecular weight excluding hydrogens is 134 g/mol. The molecule has 0 aromatic carbocycles. The van der Waals surface area contributed by atoms with Crippen molar-refractivity contribution in [3.8, 4) is 0 Å². The van der Waals surface area contributed by atoms with Crippen LogP contribution in [0.5, 0.6) is 0 Å². The van der Waals surface area contributed by atoms with E-state index in [-0.39, 0.29) is 0 Å². The average Bonchev–Trinajstić information content (AvgIpc) is 2.56. The van der Waals surface area contributed by atoms with Crippen LogP contribution in [0.15, 0.2) is 0 Å². The first kappa shape index (κ1) is 7.60. The summed E-state index contributed by atoms with van der Waals surface area (Å²) >= 11 is 0. The minimum Gasteiger partial charge on any atom is -0.313 e. The molecule has 2 rings (SSSR count). The van der Waals surface area contributed by atoms with E-state index in [4.69, 9.17) is 0 Å². The third-order valence-electron chi connectivity index (χ3n) is 3.35. The molecule has 1 unspecified atom stereocenters. The quantitative estimate of drug-likeness (QED) is 0.641. The maximum atomic E-state index is 3.64. The minimum absolute atomic E-state index is 0.782. The summed E-state index contributed by atoms with van der Waals surface area (Å²) in [5.74, 6) is 0.864. The van der Waals surface area contributed by atoms with E-state index in [0.29, 0.717) is 0 Å². The molecule has 2 fully saturated rings. The Bertz CT molecular complexity index is 147. The van der Waals surface area contributed by atoms with Gasteiger partial charge in [0, 0.05) is 6.04 Å². The van der Waals surface area contributed by atoms with Crippen molar-refractivity contribution < 1.29 is 0 Å². The van der Waals surface area contributed by atoms with Gasteiger partial charge in [-0.1, -0.05) is 13.8 Å². The van der Waals surface area contributed by atoms with Crippen LogP contribution >= 0.6 is 0 Å². The van der Waals surface area contributed by atoms with Crippen LogP contribution in [0.25, 0.3) is 0 Å². The Balaban J connectivity index is 1.92. The van der Waals surface area contributed by atoms with Crippen molar-refractivity contribution in [2.75, 3.05) is 6.54 Å². The third-order valence-corrected chi connectivity index (χ3v) is 3.35. The summed E-state index contributed by atoms with van der Waals surface area (Å²) < 4.78 is 0. The van der Waals surface area contributed by atoms with E-state index in [0.717, 1.165) is 17.4 Å². The Hall–Kier alpha value is -0.0400. The van der Waals surface area contributed by atoms with Gasteiger partial charge in [0.15, 0.2) is 0 Å². The fourth-order valence-electron chi connectivity index (χ4n) is 2.45. The largest absolute Gasteiger partial charge is 0.313 e. The zero-order valence-corrected chi connectivity index (χ0v) is 7.69. The van der Waals surface area contributed by atoms with Gasteiger partial charge < -0.3 is 5.32 Å². The molecule has 1 atom stereocenters. The van der Waals surface area contributed by atoms with E-state index in [2.05, 4.69) is 19.2 Å². The Morgan fingerprint density at radius 3 is 2.64 bits per heavy atom. The highest BCUT2D eigenvalue weighted by atomic mass is 15.0. The van der Waals surface area contributed by atoms with Crippen LogP contribution in [0.4, 0.5) is 0 Å². The summed E-state index contributed by atoms with van der Waals surface area (Å²) in [6, 6.07) is 0.863. The van der Waals surface area contributed by atoms with Crippen molar-refractivity contribution in [3.63, 3.8) is 0 Å². The summed E-state index contributed by atoms with van der Waals surface area (Å²) in [4.78, 5) is 0. The van der Waals surface area contributed by atoms with Crippen LogP contribution in [0.2, 0.25) is 0 Å². The smallest absolute Gasteiger partial charge is 0.0126 e. The number of nitrogens with one attached hydrogen (secondary N) is 1. The predicted octanol–water partition coefficient (Wildman–Crippen LogP) is 2.17. The fraction of sp³-hybridized carbons (Fsp3) is 1.00. The number of hydrogen-bond donors (Lipinski definition) is 1. The molecule has 1 aliphatic carbocycles. The Morgan fingerprint density at radius 1 is 1.36 bits per heavy atom. The summed E-state index contributed by atoms with van der Waals surface area (Å²) in [6.45, 7) is 5.93. The molecule has 1 N–H and O–H groups in total. The van der Waals surface area contributed by atoms with Gasteiger partial charge in [0.1, 0.15) is 0 Å². The van der Waals surface area contributed by atoms with Crippen molar-refractivity contribution in [2.45, 2.75) is 45.6 Å². The van der Waals surface area contributed by atoms with E-state index >= 15 is 0 Å². The van der Waals surface area contributed by atoms with Gasteiger partial charge in [-0.3, -0.25) is 0 Å². The molecule has 2 aliphatic rings. The molecule has 0 amide bonds. The molecule has 1 saturated heterocycles. The predicted molar refractivity (Wildman–Crippen MR) is 47.5 cm³/mol. The summed E-state index contributed by atoms with van der Waals surface area (Å²) in [7, 11) is 0. The highest BCUT2D eigenvalue weighted by Crippen LogP contribution is 2.55. The summed E-state index contributed by atoms with van der Waals surface area (Å²) in [6.07, 6.45) is 5.83. The maximum Gasteiger partial charge on any atom is 0.0126 e. The van der Waals surface area contributed by atoms with Crippen LogP contribution in [-0.4, -0.2) is 12.6 Å². The molecule has 0 aromatic heterocycles.